The molecule has 176 valence electrons. The second-order valence-electron chi connectivity index (χ2n) is 8.30. The number of nitrogens with zero attached hydrogens (tertiary/aromatic N) is 3. The molecular formula is C27H23N3O4S. The number of ether oxygens (including phenoxy) is 1. The van der Waals surface area contributed by atoms with Crippen molar-refractivity contribution in [3.63, 3.8) is 0 Å². The zero-order valence-electron chi connectivity index (χ0n) is 19.3. The molecule has 1 atom stereocenters. The molecule has 1 saturated heterocycles. The fraction of sp³-hybridized carbons (Fsp3) is 0.185. The topological polar surface area (TPSA) is 92.6 Å². The third kappa shape index (κ3) is 4.17. The average molecular weight is 486 g/mol. The highest BCUT2D eigenvalue weighted by molar-refractivity contribution is 7.22. The van der Waals surface area contributed by atoms with Crippen LogP contribution in [0.15, 0.2) is 72.6 Å². The van der Waals surface area contributed by atoms with Crippen molar-refractivity contribution in [2.75, 3.05) is 11.5 Å². The second-order valence-corrected chi connectivity index (χ2v) is 9.31. The molecule has 8 heteroatoms. The summed E-state index contributed by atoms with van der Waals surface area (Å²) < 4.78 is 6.60. The minimum absolute atomic E-state index is 0.00826. The van der Waals surface area contributed by atoms with Gasteiger partial charge in [-0.2, -0.15) is 0 Å². The van der Waals surface area contributed by atoms with Crippen LogP contribution in [0.2, 0.25) is 0 Å². The standard InChI is InChI=1S/C27H23N3O4S/c1-3-12-34-19-8-4-6-17(14-19)24(31)22-23(18-7-5-11-28-15-18)30(26(33)25(22)32)27-29-20-10-9-16(2)13-21(20)35-27/h4-11,13-15,23,31H,3,12H2,1-2H3/b24-22+. The molecule has 0 spiro atoms. The molecule has 1 fully saturated rings. The lowest BCUT2D eigenvalue weighted by atomic mass is 9.96. The van der Waals surface area contributed by atoms with E-state index in [0.29, 0.717) is 28.6 Å². The van der Waals surface area contributed by atoms with Crippen LogP contribution in [-0.4, -0.2) is 33.4 Å². The summed E-state index contributed by atoms with van der Waals surface area (Å²) in [6.07, 6.45) is 4.05. The number of carbonyl (C=O) groups is 2. The molecule has 1 aliphatic heterocycles. The Morgan fingerprint density at radius 1 is 1.14 bits per heavy atom. The summed E-state index contributed by atoms with van der Waals surface area (Å²) in [6.45, 7) is 4.52. The van der Waals surface area contributed by atoms with E-state index < -0.39 is 17.7 Å². The Morgan fingerprint density at radius 2 is 2.00 bits per heavy atom. The van der Waals surface area contributed by atoms with Gasteiger partial charge in [-0.25, -0.2) is 4.98 Å². The Morgan fingerprint density at radius 3 is 2.77 bits per heavy atom. The van der Waals surface area contributed by atoms with Gasteiger partial charge in [0, 0.05) is 18.0 Å². The molecule has 1 amide bonds. The van der Waals surface area contributed by atoms with Crippen LogP contribution in [0.25, 0.3) is 16.0 Å². The number of hydrogen-bond acceptors (Lipinski definition) is 7. The van der Waals surface area contributed by atoms with Gasteiger partial charge in [0.05, 0.1) is 28.4 Å². The lowest BCUT2D eigenvalue weighted by molar-refractivity contribution is -0.132. The Bertz CT molecular complexity index is 1460. The number of pyridine rings is 1. The molecule has 5 rings (SSSR count). The van der Waals surface area contributed by atoms with Crippen molar-refractivity contribution in [3.8, 4) is 5.75 Å². The van der Waals surface area contributed by atoms with Crippen LogP contribution >= 0.6 is 11.3 Å². The highest BCUT2D eigenvalue weighted by atomic mass is 32.1. The van der Waals surface area contributed by atoms with E-state index in [0.717, 1.165) is 22.2 Å². The number of rotatable bonds is 6. The van der Waals surface area contributed by atoms with E-state index in [-0.39, 0.29) is 11.3 Å². The number of thiazole rings is 1. The molecule has 0 radical (unpaired) electrons. The number of carbonyl (C=O) groups excluding carboxylic acids is 2. The molecule has 0 saturated carbocycles. The van der Waals surface area contributed by atoms with Crippen molar-refractivity contribution in [2.45, 2.75) is 26.3 Å². The lowest BCUT2D eigenvalue weighted by Gasteiger charge is -2.22. The van der Waals surface area contributed by atoms with Crippen LogP contribution in [0.4, 0.5) is 5.13 Å². The van der Waals surface area contributed by atoms with Crippen LogP contribution < -0.4 is 9.64 Å². The van der Waals surface area contributed by atoms with Gasteiger partial charge in [0.1, 0.15) is 11.5 Å². The van der Waals surface area contributed by atoms with Crippen molar-refractivity contribution >= 4 is 44.1 Å². The van der Waals surface area contributed by atoms with Gasteiger partial charge in [0.15, 0.2) is 5.13 Å². The predicted octanol–water partition coefficient (Wildman–Crippen LogP) is 5.41. The van der Waals surface area contributed by atoms with E-state index in [1.807, 2.05) is 32.0 Å². The number of hydrogen-bond donors (Lipinski definition) is 1. The minimum atomic E-state index is -0.870. The first-order valence-corrected chi connectivity index (χ1v) is 12.1. The molecule has 0 bridgehead atoms. The zero-order chi connectivity index (χ0) is 24.5. The first kappa shape index (κ1) is 22.7. The van der Waals surface area contributed by atoms with Crippen molar-refractivity contribution in [1.29, 1.82) is 0 Å². The monoisotopic (exact) mass is 485 g/mol. The van der Waals surface area contributed by atoms with Crippen LogP contribution in [0.3, 0.4) is 0 Å². The number of aliphatic hydroxyl groups is 1. The minimum Gasteiger partial charge on any atom is -0.507 e. The number of anilines is 1. The third-order valence-electron chi connectivity index (χ3n) is 5.76. The van der Waals surface area contributed by atoms with Gasteiger partial charge in [-0.15, -0.1) is 0 Å². The second kappa shape index (κ2) is 9.31. The predicted molar refractivity (Wildman–Crippen MR) is 136 cm³/mol. The molecule has 2 aromatic carbocycles. The average Bonchev–Trinajstić information content (AvgIpc) is 3.40. The van der Waals surface area contributed by atoms with Crippen LogP contribution in [0, 0.1) is 6.92 Å². The van der Waals surface area contributed by atoms with Crippen molar-refractivity contribution < 1.29 is 19.4 Å². The summed E-state index contributed by atoms with van der Waals surface area (Å²) in [5, 5.41) is 11.7. The number of aliphatic hydroxyl groups excluding tert-OH is 1. The molecule has 1 unspecified atom stereocenters. The fourth-order valence-corrected chi connectivity index (χ4v) is 5.20. The summed E-state index contributed by atoms with van der Waals surface area (Å²) in [6, 6.07) is 15.4. The number of fused-ring (bicyclic) bond motifs is 1. The van der Waals surface area contributed by atoms with Gasteiger partial charge in [0.2, 0.25) is 0 Å². The van der Waals surface area contributed by atoms with E-state index in [2.05, 4.69) is 9.97 Å². The smallest absolute Gasteiger partial charge is 0.301 e. The maximum absolute atomic E-state index is 13.3. The van der Waals surface area contributed by atoms with Gasteiger partial charge < -0.3 is 9.84 Å². The summed E-state index contributed by atoms with van der Waals surface area (Å²) in [4.78, 5) is 36.9. The molecule has 7 nitrogen and oxygen atoms in total. The van der Waals surface area contributed by atoms with E-state index in [9.17, 15) is 14.7 Å². The third-order valence-corrected chi connectivity index (χ3v) is 6.78. The number of Topliss-reactive ketones (excluding diaryl/α,β-unsaturated/α-hetero) is 1. The molecule has 3 heterocycles. The molecule has 1 N–H and O–H groups in total. The first-order valence-electron chi connectivity index (χ1n) is 11.3. The summed E-state index contributed by atoms with van der Waals surface area (Å²) in [5.74, 6) is -1.20. The number of benzene rings is 2. The zero-order valence-corrected chi connectivity index (χ0v) is 20.1. The van der Waals surface area contributed by atoms with E-state index >= 15 is 0 Å². The Labute approximate surface area is 206 Å². The highest BCUT2D eigenvalue weighted by Crippen LogP contribution is 2.44. The Balaban J connectivity index is 1.67. The van der Waals surface area contributed by atoms with Crippen LogP contribution in [-0.2, 0) is 9.59 Å². The van der Waals surface area contributed by atoms with E-state index in [1.54, 1.807) is 48.8 Å². The Kier molecular flexibility index (Phi) is 6.05. The molecule has 0 aliphatic carbocycles. The lowest BCUT2D eigenvalue weighted by Crippen LogP contribution is -2.29. The van der Waals surface area contributed by atoms with Gasteiger partial charge in [-0.1, -0.05) is 42.5 Å². The molecular weight excluding hydrogens is 462 g/mol. The first-order chi connectivity index (χ1) is 17.0. The van der Waals surface area contributed by atoms with Crippen molar-refractivity contribution in [3.05, 3.63) is 89.3 Å². The van der Waals surface area contributed by atoms with Gasteiger partial charge in [-0.05, 0) is 54.8 Å². The molecule has 35 heavy (non-hydrogen) atoms. The largest absolute Gasteiger partial charge is 0.507 e. The van der Waals surface area contributed by atoms with Crippen LogP contribution in [0.1, 0.15) is 36.1 Å². The number of amides is 1. The fourth-order valence-electron chi connectivity index (χ4n) is 4.11. The number of aromatic nitrogens is 2. The summed E-state index contributed by atoms with van der Waals surface area (Å²) in [7, 11) is 0. The van der Waals surface area contributed by atoms with E-state index in [1.165, 1.54) is 16.2 Å². The number of aryl methyl sites for hydroxylation is 1. The molecule has 1 aliphatic rings. The van der Waals surface area contributed by atoms with Crippen molar-refractivity contribution in [1.82, 2.24) is 9.97 Å². The van der Waals surface area contributed by atoms with Crippen molar-refractivity contribution in [2.24, 2.45) is 0 Å². The van der Waals surface area contributed by atoms with Crippen LogP contribution in [0.5, 0.6) is 5.75 Å². The number of ketones is 1. The van der Waals surface area contributed by atoms with Gasteiger partial charge in [-0.3, -0.25) is 19.5 Å². The quantitative estimate of drug-likeness (QED) is 0.223. The maximum Gasteiger partial charge on any atom is 0.301 e. The summed E-state index contributed by atoms with van der Waals surface area (Å²) in [5.41, 5.74) is 2.80. The SMILES string of the molecule is CCCOc1cccc(/C(O)=C2\C(=O)C(=O)N(c3nc4ccc(C)cc4s3)C2c2cccnc2)c1. The van der Waals surface area contributed by atoms with Gasteiger partial charge >= 0.3 is 5.91 Å². The molecule has 2 aromatic heterocycles. The Hall–Kier alpha value is -4.04. The maximum atomic E-state index is 13.3. The summed E-state index contributed by atoms with van der Waals surface area (Å²) >= 11 is 1.33. The normalized spacial score (nSPS) is 17.3. The molecule has 4 aromatic rings. The highest BCUT2D eigenvalue weighted by Gasteiger charge is 2.48. The van der Waals surface area contributed by atoms with E-state index in [4.69, 9.17) is 4.74 Å². The van der Waals surface area contributed by atoms with Gasteiger partial charge in [0.25, 0.3) is 5.78 Å².